The summed E-state index contributed by atoms with van der Waals surface area (Å²) in [5.74, 6) is 0. The van der Waals surface area contributed by atoms with Crippen LogP contribution in [0.5, 0.6) is 0 Å². The number of fused-ring (bicyclic) bond motifs is 16. The van der Waals surface area contributed by atoms with Gasteiger partial charge in [0.05, 0.1) is 11.4 Å². The van der Waals surface area contributed by atoms with E-state index in [0.29, 0.717) is 0 Å². The molecule has 0 saturated carbocycles. The molecule has 13 aromatic rings. The molecule has 0 unspecified atom stereocenters. The predicted octanol–water partition coefficient (Wildman–Crippen LogP) is 20.9. The molecule has 0 fully saturated rings. The Balaban J connectivity index is 1.02. The molecule has 4 nitrogen and oxygen atoms in total. The number of nitrogens with zero attached hydrogens (tertiary/aromatic N) is 2. The van der Waals surface area contributed by atoms with Crippen LogP contribution in [-0.4, -0.2) is 0 Å². The van der Waals surface area contributed by atoms with Crippen LogP contribution in [0.25, 0.3) is 87.3 Å². The van der Waals surface area contributed by atoms with E-state index >= 15 is 0 Å². The van der Waals surface area contributed by atoms with Crippen molar-refractivity contribution in [2.45, 2.75) is 60.8 Å². The van der Waals surface area contributed by atoms with Gasteiger partial charge in [0.25, 0.3) is 0 Å². The Morgan fingerprint density at radius 1 is 0.333 bits per heavy atom. The average Bonchev–Trinajstić information content (AvgIpc) is 4.14. The number of para-hydroxylation sites is 6. The van der Waals surface area contributed by atoms with Crippen molar-refractivity contribution in [2.24, 2.45) is 10.8 Å². The molecule has 4 heteroatoms. The van der Waals surface area contributed by atoms with Crippen LogP contribution in [0.15, 0.2) is 215 Å². The van der Waals surface area contributed by atoms with Crippen LogP contribution in [0, 0.1) is 24.7 Å². The number of aryl methyl sites for hydroxylation is 2. The van der Waals surface area contributed by atoms with Gasteiger partial charge in [0.1, 0.15) is 11.2 Å². The monoisotopic (exact) mass is 970 g/mol. The SMILES string of the molecule is Cc1cccc2c1oc1c(N(c3ccccc3)c3ccc4c5c(ccc4c3)-c3c(c4ccc(N(c6ccccc6)c6cccc7c6oc6c(C)cccc67)cc4c4ccccc34)C5(C(C)(C)C)C(C)(C)C)cccc12. The third-order valence-electron chi connectivity index (χ3n) is 16.7. The van der Waals surface area contributed by atoms with Crippen molar-refractivity contribution in [2.75, 3.05) is 9.80 Å². The van der Waals surface area contributed by atoms with Crippen molar-refractivity contribution >= 4 is 110 Å². The summed E-state index contributed by atoms with van der Waals surface area (Å²) in [6.45, 7) is 19.1. The van der Waals surface area contributed by atoms with Crippen molar-refractivity contribution in [3.05, 3.63) is 229 Å². The first-order valence-corrected chi connectivity index (χ1v) is 26.4. The van der Waals surface area contributed by atoms with Crippen LogP contribution < -0.4 is 9.80 Å². The van der Waals surface area contributed by atoms with Gasteiger partial charge in [-0.15, -0.1) is 0 Å². The minimum atomic E-state index is -0.441. The van der Waals surface area contributed by atoms with Gasteiger partial charge in [0.2, 0.25) is 0 Å². The zero-order valence-electron chi connectivity index (χ0n) is 43.8. The zero-order chi connectivity index (χ0) is 51.1. The quantitative estimate of drug-likeness (QED) is 0.155. The van der Waals surface area contributed by atoms with E-state index in [4.69, 9.17) is 8.83 Å². The molecule has 2 heterocycles. The number of hydrogen-bond acceptors (Lipinski definition) is 4. The molecule has 2 aromatic heterocycles. The Kier molecular flexibility index (Phi) is 9.73. The summed E-state index contributed by atoms with van der Waals surface area (Å²) in [6.07, 6.45) is 0. The molecule has 75 heavy (non-hydrogen) atoms. The molecule has 1 aliphatic carbocycles. The van der Waals surface area contributed by atoms with Crippen LogP contribution in [0.4, 0.5) is 34.1 Å². The number of rotatable bonds is 6. The van der Waals surface area contributed by atoms with Crippen molar-refractivity contribution in [3.63, 3.8) is 0 Å². The fourth-order valence-corrected chi connectivity index (χ4v) is 14.1. The van der Waals surface area contributed by atoms with Crippen molar-refractivity contribution in [1.82, 2.24) is 0 Å². The number of hydrogen-bond donors (Lipinski definition) is 0. The maximum Gasteiger partial charge on any atom is 0.159 e. The van der Waals surface area contributed by atoms with Gasteiger partial charge in [-0.25, -0.2) is 0 Å². The smallest absolute Gasteiger partial charge is 0.159 e. The van der Waals surface area contributed by atoms with Gasteiger partial charge in [-0.3, -0.25) is 0 Å². The molecule has 364 valence electrons. The molecular formula is C71H58N2O2. The van der Waals surface area contributed by atoms with Crippen LogP contribution in [-0.2, 0) is 5.41 Å². The first-order valence-electron chi connectivity index (χ1n) is 26.4. The Morgan fingerprint density at radius 2 is 0.787 bits per heavy atom. The maximum absolute atomic E-state index is 6.88. The van der Waals surface area contributed by atoms with Crippen LogP contribution in [0.3, 0.4) is 0 Å². The molecule has 0 spiro atoms. The first kappa shape index (κ1) is 45.0. The largest absolute Gasteiger partial charge is 0.454 e. The lowest BCUT2D eigenvalue weighted by Gasteiger charge is -2.54. The van der Waals surface area contributed by atoms with Gasteiger partial charge in [0.15, 0.2) is 11.2 Å². The second kappa shape index (κ2) is 16.2. The minimum absolute atomic E-state index is 0.234. The Bertz CT molecular complexity index is 4450. The van der Waals surface area contributed by atoms with Gasteiger partial charge in [0, 0.05) is 49.7 Å². The van der Waals surface area contributed by atoms with Gasteiger partial charge >= 0.3 is 0 Å². The highest BCUT2D eigenvalue weighted by Crippen LogP contribution is 2.68. The number of benzene rings is 11. The lowest BCUT2D eigenvalue weighted by Crippen LogP contribution is -2.50. The molecule has 11 aromatic carbocycles. The standard InChI is InChI=1S/C71H58N2O2/c1-43-21-17-29-54-56-31-19-33-60(67(56)74-65(43)54)72(46-23-11-9-12-24-46)48-36-39-50-45(41-48)35-38-58-62-52-28-16-15-27-51(52)59-42-49(37-40-53(59)64(62)71(63(50)58,69(3,4)5)70(6,7)8)73(47-25-13-10-14-26-47)61-34-20-32-57-55-30-18-22-44(2)66(55)75-68(57)61/h9-42H,1-8H3. The molecule has 0 amide bonds. The van der Waals surface area contributed by atoms with E-state index in [-0.39, 0.29) is 10.8 Å². The van der Waals surface area contributed by atoms with Crippen LogP contribution >= 0.6 is 0 Å². The topological polar surface area (TPSA) is 32.8 Å². The van der Waals surface area contributed by atoms with E-state index in [9.17, 15) is 0 Å². The third-order valence-corrected chi connectivity index (χ3v) is 16.7. The van der Waals surface area contributed by atoms with E-state index in [1.54, 1.807) is 0 Å². The summed E-state index contributed by atoms with van der Waals surface area (Å²) in [6, 6.07) is 75.8. The summed E-state index contributed by atoms with van der Waals surface area (Å²) < 4.78 is 13.7. The lowest BCUT2D eigenvalue weighted by atomic mass is 9.49. The van der Waals surface area contributed by atoms with Crippen molar-refractivity contribution in [1.29, 1.82) is 0 Å². The molecule has 0 aliphatic heterocycles. The zero-order valence-corrected chi connectivity index (χ0v) is 43.8. The highest BCUT2D eigenvalue weighted by molar-refractivity contribution is 6.21. The Labute approximate surface area is 438 Å². The fraction of sp³-hybridized carbons (Fsp3) is 0.155. The Hall–Kier alpha value is -8.60. The minimum Gasteiger partial charge on any atom is -0.454 e. The number of furan rings is 2. The maximum atomic E-state index is 6.88. The van der Waals surface area contributed by atoms with E-state index in [0.717, 1.165) is 89.1 Å². The van der Waals surface area contributed by atoms with E-state index < -0.39 is 5.41 Å². The molecule has 0 bridgehead atoms. The van der Waals surface area contributed by atoms with Crippen LogP contribution in [0.1, 0.15) is 63.8 Å². The second-order valence-corrected chi connectivity index (χ2v) is 22.9. The summed E-state index contributed by atoms with van der Waals surface area (Å²) in [7, 11) is 0. The molecule has 0 N–H and O–H groups in total. The molecular weight excluding hydrogens is 913 g/mol. The van der Waals surface area contributed by atoms with Crippen molar-refractivity contribution < 1.29 is 8.83 Å². The van der Waals surface area contributed by atoms with E-state index in [2.05, 4.69) is 271 Å². The second-order valence-electron chi connectivity index (χ2n) is 22.9. The average molecular weight is 971 g/mol. The predicted molar refractivity (Wildman–Crippen MR) is 317 cm³/mol. The van der Waals surface area contributed by atoms with Gasteiger partial charge in [-0.05, 0) is 151 Å². The van der Waals surface area contributed by atoms with Gasteiger partial charge < -0.3 is 18.6 Å². The lowest BCUT2D eigenvalue weighted by molar-refractivity contribution is 0.0977. The normalized spacial score (nSPS) is 13.4. The van der Waals surface area contributed by atoms with E-state index in [1.807, 2.05) is 0 Å². The summed E-state index contributed by atoms with van der Waals surface area (Å²) in [5.41, 5.74) is 16.7. The third kappa shape index (κ3) is 6.35. The highest BCUT2D eigenvalue weighted by atomic mass is 16.3. The summed E-state index contributed by atoms with van der Waals surface area (Å²) in [4.78, 5) is 4.76. The van der Waals surface area contributed by atoms with E-state index in [1.165, 1.54) is 54.6 Å². The number of anilines is 6. The molecule has 14 rings (SSSR count). The Morgan fingerprint density at radius 3 is 1.32 bits per heavy atom. The molecule has 0 saturated heterocycles. The van der Waals surface area contributed by atoms with Gasteiger partial charge in [-0.2, -0.15) is 0 Å². The molecule has 0 atom stereocenters. The van der Waals surface area contributed by atoms with Gasteiger partial charge in [-0.1, -0.05) is 187 Å². The molecule has 1 aliphatic rings. The summed E-state index contributed by atoms with van der Waals surface area (Å²) in [5, 5.41) is 12.0. The van der Waals surface area contributed by atoms with Crippen molar-refractivity contribution in [3.8, 4) is 11.1 Å². The first-order chi connectivity index (χ1) is 36.3. The highest BCUT2D eigenvalue weighted by Gasteiger charge is 2.59. The summed E-state index contributed by atoms with van der Waals surface area (Å²) >= 11 is 0. The fourth-order valence-electron chi connectivity index (χ4n) is 14.1. The van der Waals surface area contributed by atoms with Crippen LogP contribution in [0.2, 0.25) is 0 Å². The molecule has 0 radical (unpaired) electrons.